The summed E-state index contributed by atoms with van der Waals surface area (Å²) in [7, 11) is 1.86. The monoisotopic (exact) mass is 575 g/mol. The maximum atomic E-state index is 13.7. The van der Waals surface area contributed by atoms with Crippen molar-refractivity contribution in [3.8, 4) is 11.4 Å². The topological polar surface area (TPSA) is 55.5 Å². The van der Waals surface area contributed by atoms with Gasteiger partial charge in [0, 0.05) is 57.1 Å². The largest absolute Gasteiger partial charge is 0.416 e. The lowest BCUT2D eigenvalue weighted by Gasteiger charge is -2.40. The molecule has 0 spiro atoms. The lowest BCUT2D eigenvalue weighted by molar-refractivity contribution is -0.137. The number of urea groups is 1. The molecular formula is C33H36F3N5O. The van der Waals surface area contributed by atoms with E-state index in [0.717, 1.165) is 60.6 Å². The van der Waals surface area contributed by atoms with Gasteiger partial charge in [0.1, 0.15) is 5.82 Å². The van der Waals surface area contributed by atoms with Crippen molar-refractivity contribution < 1.29 is 18.0 Å². The van der Waals surface area contributed by atoms with Gasteiger partial charge in [-0.1, -0.05) is 72.8 Å². The van der Waals surface area contributed by atoms with Gasteiger partial charge in [0.05, 0.1) is 11.3 Å². The minimum Gasteiger partial charge on any atom is -0.342 e. The van der Waals surface area contributed by atoms with Crippen molar-refractivity contribution in [3.63, 3.8) is 0 Å². The van der Waals surface area contributed by atoms with Gasteiger partial charge in [0.15, 0.2) is 0 Å². The van der Waals surface area contributed by atoms with Crippen LogP contribution >= 0.6 is 0 Å². The van der Waals surface area contributed by atoms with Gasteiger partial charge < -0.3 is 14.8 Å². The van der Waals surface area contributed by atoms with Crippen LogP contribution in [-0.4, -0.2) is 56.9 Å². The number of nitrogens with one attached hydrogen (secondary N) is 1. The van der Waals surface area contributed by atoms with Gasteiger partial charge in [-0.25, -0.2) is 9.78 Å². The number of amides is 2. The quantitative estimate of drug-likeness (QED) is 0.243. The highest BCUT2D eigenvalue weighted by Gasteiger charge is 2.31. The van der Waals surface area contributed by atoms with Crippen LogP contribution in [0.4, 0.5) is 18.0 Å². The number of hydrogen-bond acceptors (Lipinski definition) is 3. The number of carbonyl (C=O) groups is 1. The fourth-order valence-corrected chi connectivity index (χ4v) is 5.48. The normalized spacial score (nSPS) is 14.6. The first-order valence-electron chi connectivity index (χ1n) is 14.2. The maximum absolute atomic E-state index is 13.7. The fraction of sp³-hybridized carbons (Fsp3) is 0.333. The Morgan fingerprint density at radius 1 is 0.905 bits per heavy atom. The van der Waals surface area contributed by atoms with Crippen molar-refractivity contribution in [2.45, 2.75) is 51.6 Å². The van der Waals surface area contributed by atoms with Crippen LogP contribution in [0.2, 0.25) is 0 Å². The molecule has 4 aromatic rings. The van der Waals surface area contributed by atoms with Crippen LogP contribution in [-0.2, 0) is 25.8 Å². The Labute approximate surface area is 244 Å². The zero-order valence-corrected chi connectivity index (χ0v) is 23.9. The summed E-state index contributed by atoms with van der Waals surface area (Å²) in [6, 6.07) is 25.3. The van der Waals surface area contributed by atoms with Gasteiger partial charge in [-0.2, -0.15) is 13.2 Å². The molecule has 0 bridgehead atoms. The van der Waals surface area contributed by atoms with Crippen LogP contribution in [0.5, 0.6) is 0 Å². The number of aromatic nitrogens is 2. The summed E-state index contributed by atoms with van der Waals surface area (Å²) in [5, 5.41) is 0. The van der Waals surface area contributed by atoms with Crippen LogP contribution < -0.4 is 0 Å². The van der Waals surface area contributed by atoms with Gasteiger partial charge in [0.2, 0.25) is 0 Å². The zero-order chi connectivity index (χ0) is 29.7. The number of rotatable bonds is 8. The molecule has 3 aromatic carbocycles. The third-order valence-corrected chi connectivity index (χ3v) is 7.87. The summed E-state index contributed by atoms with van der Waals surface area (Å²) < 4.78 is 38.9. The fourth-order valence-electron chi connectivity index (χ4n) is 5.48. The standard InChI is InChI=1S/C33H36F3N5O/c1-24-30(38-31(37-24)27-13-15-28(16-14-27)33(34,35)36)23-40-19-17-29(18-20-40)41(22-26-11-7-4-8-12-26)32(42)39(2)21-25-9-5-3-6-10-25/h3-16,29H,17-23H2,1-2H3,(H,37,38). The van der Waals surface area contributed by atoms with Crippen LogP contribution in [0, 0.1) is 6.92 Å². The van der Waals surface area contributed by atoms with Gasteiger partial charge in [-0.3, -0.25) is 4.90 Å². The molecule has 0 unspecified atom stereocenters. The molecule has 2 heterocycles. The Morgan fingerprint density at radius 3 is 2.05 bits per heavy atom. The van der Waals surface area contributed by atoms with Crippen molar-refractivity contribution in [2.24, 2.45) is 0 Å². The highest BCUT2D eigenvalue weighted by atomic mass is 19.4. The highest BCUT2D eigenvalue weighted by molar-refractivity contribution is 5.74. The molecule has 0 saturated carbocycles. The van der Waals surface area contributed by atoms with E-state index in [0.29, 0.717) is 31.0 Å². The van der Waals surface area contributed by atoms with Crippen molar-refractivity contribution in [2.75, 3.05) is 20.1 Å². The van der Waals surface area contributed by atoms with E-state index in [4.69, 9.17) is 4.98 Å². The number of nitrogens with zero attached hydrogens (tertiary/aromatic N) is 4. The van der Waals surface area contributed by atoms with E-state index < -0.39 is 11.7 Å². The molecule has 9 heteroatoms. The minimum atomic E-state index is -4.37. The van der Waals surface area contributed by atoms with Gasteiger partial charge >= 0.3 is 12.2 Å². The van der Waals surface area contributed by atoms with Gasteiger partial charge in [0.25, 0.3) is 0 Å². The summed E-state index contributed by atoms with van der Waals surface area (Å²) in [5.74, 6) is 0.562. The second-order valence-electron chi connectivity index (χ2n) is 11.0. The number of carbonyl (C=O) groups excluding carboxylic acids is 1. The molecule has 42 heavy (non-hydrogen) atoms. The lowest BCUT2D eigenvalue weighted by Crippen LogP contribution is -2.50. The maximum Gasteiger partial charge on any atom is 0.416 e. The SMILES string of the molecule is Cc1[nH]c(-c2ccc(C(F)(F)F)cc2)nc1CN1CCC(N(Cc2ccccc2)C(=O)N(C)Cc2ccccc2)CC1. The number of alkyl halides is 3. The second-order valence-corrected chi connectivity index (χ2v) is 11.0. The lowest BCUT2D eigenvalue weighted by atomic mass is 10.0. The molecule has 220 valence electrons. The molecule has 1 saturated heterocycles. The molecule has 2 amide bonds. The van der Waals surface area contributed by atoms with Crippen molar-refractivity contribution in [1.82, 2.24) is 24.7 Å². The summed E-state index contributed by atoms with van der Waals surface area (Å²) in [5.41, 5.74) is 3.91. The van der Waals surface area contributed by atoms with Crippen LogP contribution in [0.15, 0.2) is 84.9 Å². The summed E-state index contributed by atoms with van der Waals surface area (Å²) >= 11 is 0. The molecule has 6 nitrogen and oxygen atoms in total. The van der Waals surface area contributed by atoms with E-state index in [2.05, 4.69) is 22.0 Å². The Bertz CT molecular complexity index is 1450. The van der Waals surface area contributed by atoms with Crippen LogP contribution in [0.1, 0.15) is 40.9 Å². The van der Waals surface area contributed by atoms with Gasteiger partial charge in [-0.15, -0.1) is 0 Å². The van der Waals surface area contributed by atoms with E-state index >= 15 is 0 Å². The molecule has 0 radical (unpaired) electrons. The Kier molecular flexibility index (Phi) is 8.97. The third-order valence-electron chi connectivity index (χ3n) is 7.87. The smallest absolute Gasteiger partial charge is 0.342 e. The molecule has 5 rings (SSSR count). The van der Waals surface area contributed by atoms with Crippen molar-refractivity contribution in [1.29, 1.82) is 0 Å². The second kappa shape index (κ2) is 12.8. The number of imidazole rings is 1. The summed E-state index contributed by atoms with van der Waals surface area (Å²) in [4.78, 5) is 27.8. The number of halogens is 3. The molecule has 0 aliphatic carbocycles. The Hall–Kier alpha value is -4.11. The summed E-state index contributed by atoms with van der Waals surface area (Å²) in [6.07, 6.45) is -2.69. The average molecular weight is 576 g/mol. The Balaban J connectivity index is 1.23. The molecule has 1 aliphatic rings. The summed E-state index contributed by atoms with van der Waals surface area (Å²) in [6.45, 7) is 5.30. The number of H-pyrrole nitrogens is 1. The molecule has 1 fully saturated rings. The first-order chi connectivity index (χ1) is 20.2. The predicted octanol–water partition coefficient (Wildman–Crippen LogP) is 7.12. The first kappa shape index (κ1) is 29.4. The number of aryl methyl sites for hydroxylation is 1. The van der Waals surface area contributed by atoms with Gasteiger partial charge in [-0.05, 0) is 43.0 Å². The Morgan fingerprint density at radius 2 is 1.48 bits per heavy atom. The van der Waals surface area contributed by atoms with Crippen molar-refractivity contribution in [3.05, 3.63) is 113 Å². The molecule has 1 aromatic heterocycles. The van der Waals surface area contributed by atoms with E-state index in [1.54, 1.807) is 4.90 Å². The third kappa shape index (κ3) is 7.20. The number of piperidine rings is 1. The van der Waals surface area contributed by atoms with Crippen LogP contribution in [0.3, 0.4) is 0 Å². The molecular weight excluding hydrogens is 539 g/mol. The molecule has 1 N–H and O–H groups in total. The highest BCUT2D eigenvalue weighted by Crippen LogP contribution is 2.31. The average Bonchev–Trinajstić information content (AvgIpc) is 3.36. The number of benzene rings is 3. The number of hydrogen-bond donors (Lipinski definition) is 1. The zero-order valence-electron chi connectivity index (χ0n) is 23.9. The van der Waals surface area contributed by atoms with Crippen LogP contribution in [0.25, 0.3) is 11.4 Å². The van der Waals surface area contributed by atoms with E-state index in [-0.39, 0.29) is 12.1 Å². The minimum absolute atomic E-state index is 0.0190. The predicted molar refractivity (Wildman–Crippen MR) is 157 cm³/mol. The van der Waals surface area contributed by atoms with E-state index in [1.807, 2.05) is 67.4 Å². The molecule has 1 aliphatic heterocycles. The number of likely N-dealkylation sites (tertiary alicyclic amines) is 1. The molecule has 0 atom stereocenters. The van der Waals surface area contributed by atoms with Crippen molar-refractivity contribution >= 4 is 6.03 Å². The van der Waals surface area contributed by atoms with E-state index in [9.17, 15) is 18.0 Å². The number of aromatic amines is 1. The van der Waals surface area contributed by atoms with E-state index in [1.165, 1.54) is 12.1 Å². The first-order valence-corrected chi connectivity index (χ1v) is 14.2.